The van der Waals surface area contributed by atoms with Crippen LogP contribution < -0.4 is 20.3 Å². The zero-order valence-corrected chi connectivity index (χ0v) is 20.3. The molecule has 2 aromatic heterocycles. The molecular formula is C24H28N8OS. The van der Waals surface area contributed by atoms with Crippen LogP contribution >= 0.6 is 12.2 Å². The molecule has 4 rings (SSSR count). The van der Waals surface area contributed by atoms with Crippen molar-refractivity contribution < 1.29 is 4.74 Å². The van der Waals surface area contributed by atoms with Crippen molar-refractivity contribution in [1.82, 2.24) is 19.9 Å². The monoisotopic (exact) mass is 476 g/mol. The van der Waals surface area contributed by atoms with Crippen LogP contribution in [0.4, 0.5) is 17.5 Å². The summed E-state index contributed by atoms with van der Waals surface area (Å²) in [4.78, 5) is 22.6. The SMILES string of the molecule is COc1ccccc1NC(=S)/N=C(/Nc1nc(C)cc(C)n1)N1CCN(c2ccccn2)CC1. The molecule has 9 nitrogen and oxygen atoms in total. The number of pyridine rings is 1. The van der Waals surface area contributed by atoms with E-state index in [2.05, 4.69) is 35.4 Å². The lowest BCUT2D eigenvalue weighted by molar-refractivity contribution is 0.384. The van der Waals surface area contributed by atoms with Gasteiger partial charge in [0, 0.05) is 43.8 Å². The number of rotatable bonds is 4. The van der Waals surface area contributed by atoms with Crippen LogP contribution in [0.25, 0.3) is 0 Å². The Bertz CT molecular complexity index is 1140. The Hall–Kier alpha value is -3.79. The van der Waals surface area contributed by atoms with Gasteiger partial charge in [-0.05, 0) is 56.4 Å². The highest BCUT2D eigenvalue weighted by molar-refractivity contribution is 7.80. The second-order valence-corrected chi connectivity index (χ2v) is 8.21. The third-order valence-electron chi connectivity index (χ3n) is 5.31. The third-order valence-corrected chi connectivity index (χ3v) is 5.51. The van der Waals surface area contributed by atoms with E-state index in [1.807, 2.05) is 68.6 Å². The smallest absolute Gasteiger partial charge is 0.229 e. The fraction of sp³-hybridized carbons (Fsp3) is 0.292. The Morgan fingerprint density at radius 3 is 2.35 bits per heavy atom. The number of thiocarbonyl (C=S) groups is 1. The number of nitrogens with zero attached hydrogens (tertiary/aromatic N) is 6. The number of para-hydroxylation sites is 2. The quantitative estimate of drug-likeness (QED) is 0.334. The molecule has 10 heteroatoms. The molecule has 0 aliphatic carbocycles. The summed E-state index contributed by atoms with van der Waals surface area (Å²) >= 11 is 5.57. The molecule has 0 radical (unpaired) electrons. The van der Waals surface area contributed by atoms with Gasteiger partial charge in [-0.25, -0.2) is 15.0 Å². The Morgan fingerprint density at radius 2 is 1.68 bits per heavy atom. The highest BCUT2D eigenvalue weighted by Gasteiger charge is 2.22. The number of methoxy groups -OCH3 is 1. The third kappa shape index (κ3) is 5.96. The minimum Gasteiger partial charge on any atom is -0.495 e. The minimum absolute atomic E-state index is 0.309. The van der Waals surface area contributed by atoms with E-state index in [0.29, 0.717) is 22.8 Å². The molecular weight excluding hydrogens is 448 g/mol. The van der Waals surface area contributed by atoms with Crippen LogP contribution in [0.15, 0.2) is 59.7 Å². The first-order valence-corrected chi connectivity index (χ1v) is 11.5. The number of aromatic nitrogens is 3. The Balaban J connectivity index is 1.54. The number of benzene rings is 1. The number of hydrogen-bond donors (Lipinski definition) is 2. The van der Waals surface area contributed by atoms with Crippen LogP contribution in [0.5, 0.6) is 5.75 Å². The molecule has 2 N–H and O–H groups in total. The maximum Gasteiger partial charge on any atom is 0.229 e. The molecule has 1 aromatic carbocycles. The van der Waals surface area contributed by atoms with Crippen LogP contribution in [0.1, 0.15) is 11.4 Å². The Morgan fingerprint density at radius 1 is 0.971 bits per heavy atom. The molecule has 0 bridgehead atoms. The van der Waals surface area contributed by atoms with Gasteiger partial charge in [0.15, 0.2) is 0 Å². The number of aryl methyl sites for hydroxylation is 2. The van der Waals surface area contributed by atoms with Crippen molar-refractivity contribution in [3.63, 3.8) is 0 Å². The van der Waals surface area contributed by atoms with Gasteiger partial charge in [0.25, 0.3) is 0 Å². The predicted octanol–water partition coefficient (Wildman–Crippen LogP) is 3.48. The maximum absolute atomic E-state index is 5.57. The van der Waals surface area contributed by atoms with Crippen molar-refractivity contribution in [3.8, 4) is 5.75 Å². The first kappa shape index (κ1) is 23.4. The molecule has 1 fully saturated rings. The van der Waals surface area contributed by atoms with E-state index in [9.17, 15) is 0 Å². The maximum atomic E-state index is 5.57. The van der Waals surface area contributed by atoms with Gasteiger partial charge >= 0.3 is 0 Å². The lowest BCUT2D eigenvalue weighted by Gasteiger charge is -2.36. The summed E-state index contributed by atoms with van der Waals surface area (Å²) in [7, 11) is 1.62. The average Bonchev–Trinajstić information content (AvgIpc) is 2.84. The average molecular weight is 477 g/mol. The first-order chi connectivity index (χ1) is 16.5. The molecule has 0 saturated carbocycles. The highest BCUT2D eigenvalue weighted by atomic mass is 32.1. The number of piperazine rings is 1. The zero-order chi connectivity index (χ0) is 23.9. The van der Waals surface area contributed by atoms with Gasteiger partial charge in [-0.15, -0.1) is 0 Å². The molecule has 0 atom stereocenters. The van der Waals surface area contributed by atoms with Crippen LogP contribution in [0, 0.1) is 13.8 Å². The van der Waals surface area contributed by atoms with Gasteiger partial charge in [0.05, 0.1) is 12.8 Å². The number of ether oxygens (including phenoxy) is 1. The van der Waals surface area contributed by atoms with E-state index in [0.717, 1.165) is 49.1 Å². The fourth-order valence-corrected chi connectivity index (χ4v) is 3.93. The summed E-state index contributed by atoms with van der Waals surface area (Å²) in [5.41, 5.74) is 2.51. The van der Waals surface area contributed by atoms with Gasteiger partial charge in [0.2, 0.25) is 17.0 Å². The van der Waals surface area contributed by atoms with Gasteiger partial charge < -0.3 is 19.9 Å². The summed E-state index contributed by atoms with van der Waals surface area (Å²) in [5, 5.41) is 6.77. The Labute approximate surface area is 204 Å². The molecule has 0 spiro atoms. The number of guanidine groups is 1. The van der Waals surface area contributed by atoms with Gasteiger partial charge in [-0.1, -0.05) is 18.2 Å². The topological polar surface area (TPSA) is 90.8 Å². The van der Waals surface area contributed by atoms with Crippen molar-refractivity contribution in [1.29, 1.82) is 0 Å². The predicted molar refractivity (Wildman–Crippen MR) is 140 cm³/mol. The second-order valence-electron chi connectivity index (χ2n) is 7.83. The number of anilines is 3. The largest absolute Gasteiger partial charge is 0.495 e. The van der Waals surface area contributed by atoms with E-state index < -0.39 is 0 Å². The molecule has 176 valence electrons. The molecule has 1 aliphatic rings. The number of hydrogen-bond acceptors (Lipinski definition) is 6. The van der Waals surface area contributed by atoms with Crippen LogP contribution in [-0.4, -0.2) is 64.2 Å². The second kappa shape index (κ2) is 10.9. The molecule has 1 saturated heterocycles. The molecule has 1 aliphatic heterocycles. The Kier molecular flexibility index (Phi) is 7.48. The van der Waals surface area contributed by atoms with Crippen molar-refractivity contribution in [2.45, 2.75) is 13.8 Å². The standard InChI is InChI=1S/C24H28N8OS/c1-17-16-18(2)27-22(26-17)29-23(30-24(34)28-19-8-4-5-9-20(19)33-3)32-14-12-31(13-15-32)21-10-6-7-11-25-21/h4-11,16H,12-15H2,1-3H3,(H2,26,27,28,29,30,34). The molecule has 0 unspecified atom stereocenters. The van der Waals surface area contributed by atoms with E-state index in [1.165, 1.54) is 0 Å². The normalized spacial score (nSPS) is 14.0. The first-order valence-electron chi connectivity index (χ1n) is 11.0. The van der Waals surface area contributed by atoms with Crippen molar-refractivity contribution >= 4 is 40.7 Å². The van der Waals surface area contributed by atoms with Gasteiger partial charge in [0.1, 0.15) is 11.6 Å². The molecule has 3 aromatic rings. The summed E-state index contributed by atoms with van der Waals surface area (Å²) < 4.78 is 5.42. The van der Waals surface area contributed by atoms with E-state index in [4.69, 9.17) is 21.9 Å². The fourth-order valence-electron chi connectivity index (χ4n) is 3.73. The highest BCUT2D eigenvalue weighted by Crippen LogP contribution is 2.23. The summed E-state index contributed by atoms with van der Waals surface area (Å²) in [6, 6.07) is 15.5. The minimum atomic E-state index is 0.309. The van der Waals surface area contributed by atoms with E-state index in [1.54, 1.807) is 7.11 Å². The van der Waals surface area contributed by atoms with Crippen molar-refractivity contribution in [2.75, 3.05) is 48.8 Å². The van der Waals surface area contributed by atoms with Crippen molar-refractivity contribution in [3.05, 3.63) is 66.1 Å². The number of nitrogens with one attached hydrogen (secondary N) is 2. The van der Waals surface area contributed by atoms with Crippen molar-refractivity contribution in [2.24, 2.45) is 4.99 Å². The molecule has 0 amide bonds. The number of aliphatic imine (C=N–C) groups is 1. The lowest BCUT2D eigenvalue weighted by atomic mass is 10.3. The van der Waals surface area contributed by atoms with Gasteiger partial charge in [-0.3, -0.25) is 5.32 Å². The van der Waals surface area contributed by atoms with Crippen LogP contribution in [0.2, 0.25) is 0 Å². The molecule has 34 heavy (non-hydrogen) atoms. The van der Waals surface area contributed by atoms with Crippen LogP contribution in [-0.2, 0) is 0 Å². The summed E-state index contributed by atoms with van der Waals surface area (Å²) in [6.45, 7) is 6.97. The van der Waals surface area contributed by atoms with Gasteiger partial charge in [-0.2, -0.15) is 4.99 Å². The summed E-state index contributed by atoms with van der Waals surface area (Å²) in [6.07, 6.45) is 1.81. The van der Waals surface area contributed by atoms with E-state index >= 15 is 0 Å². The lowest BCUT2D eigenvalue weighted by Crippen LogP contribution is -2.51. The van der Waals surface area contributed by atoms with Crippen LogP contribution in [0.3, 0.4) is 0 Å². The van der Waals surface area contributed by atoms with E-state index in [-0.39, 0.29) is 0 Å². The molecule has 3 heterocycles. The summed E-state index contributed by atoms with van der Waals surface area (Å²) in [5.74, 6) is 2.75. The zero-order valence-electron chi connectivity index (χ0n) is 19.5.